The Balaban J connectivity index is 1.89. The first kappa shape index (κ1) is 16.1. The fourth-order valence-corrected chi connectivity index (χ4v) is 2.66. The molecule has 2 rings (SSSR count). The minimum absolute atomic E-state index is 0.181. The molecular weight excluding hydrogens is 292 g/mol. The van der Waals surface area contributed by atoms with Gasteiger partial charge in [0.15, 0.2) is 0 Å². The van der Waals surface area contributed by atoms with E-state index >= 15 is 0 Å². The third-order valence-electron chi connectivity index (χ3n) is 3.68. The summed E-state index contributed by atoms with van der Waals surface area (Å²) in [4.78, 5) is 15.7. The summed E-state index contributed by atoms with van der Waals surface area (Å²) in [6, 6.07) is 5.67. The molecule has 0 aliphatic carbocycles. The average molecular weight is 313 g/mol. The minimum atomic E-state index is -0.181. The van der Waals surface area contributed by atoms with Gasteiger partial charge in [-0.3, -0.25) is 14.6 Å². The van der Waals surface area contributed by atoms with Gasteiger partial charge in [-0.25, -0.2) is 0 Å². The van der Waals surface area contributed by atoms with E-state index in [1.807, 2.05) is 18.2 Å². The average Bonchev–Trinajstić information content (AvgIpc) is 2.49. The monoisotopic (exact) mass is 312 g/mol. The van der Waals surface area contributed by atoms with Crippen molar-refractivity contribution in [2.45, 2.75) is 6.54 Å². The van der Waals surface area contributed by atoms with Crippen molar-refractivity contribution < 1.29 is 14.3 Å². The van der Waals surface area contributed by atoms with E-state index in [0.29, 0.717) is 6.54 Å². The molecule has 1 saturated heterocycles. The molecule has 0 saturated carbocycles. The second-order valence-corrected chi connectivity index (χ2v) is 5.52. The number of piperazine rings is 1. The van der Waals surface area contributed by atoms with Gasteiger partial charge in [-0.05, 0) is 18.2 Å². The number of benzene rings is 1. The van der Waals surface area contributed by atoms with Gasteiger partial charge in [0.05, 0.1) is 20.8 Å². The molecule has 6 heteroatoms. The Morgan fingerprint density at radius 1 is 1.19 bits per heavy atom. The number of hydrogen-bond acceptors (Lipinski definition) is 5. The van der Waals surface area contributed by atoms with Crippen LogP contribution in [0.5, 0.6) is 5.75 Å². The number of methoxy groups -OCH3 is 2. The van der Waals surface area contributed by atoms with E-state index in [4.69, 9.17) is 21.1 Å². The van der Waals surface area contributed by atoms with Gasteiger partial charge in [0.1, 0.15) is 5.75 Å². The molecule has 0 amide bonds. The van der Waals surface area contributed by atoms with E-state index in [2.05, 4.69) is 9.80 Å². The van der Waals surface area contributed by atoms with Crippen LogP contribution >= 0.6 is 11.6 Å². The Morgan fingerprint density at radius 2 is 1.86 bits per heavy atom. The predicted octanol–water partition coefficient (Wildman–Crippen LogP) is 1.64. The van der Waals surface area contributed by atoms with Gasteiger partial charge in [-0.1, -0.05) is 11.6 Å². The standard InChI is InChI=1S/C15H21ClN2O3/c1-20-14-4-3-13(16)9-12(14)10-17-5-7-18(8-6-17)11-15(19)21-2/h3-4,9H,5-8,10-11H2,1-2H3. The Bertz CT molecular complexity index is 488. The zero-order valence-corrected chi connectivity index (χ0v) is 13.2. The van der Waals surface area contributed by atoms with Gasteiger partial charge in [0, 0.05) is 43.3 Å². The summed E-state index contributed by atoms with van der Waals surface area (Å²) in [5.41, 5.74) is 1.09. The molecule has 0 radical (unpaired) electrons. The summed E-state index contributed by atoms with van der Waals surface area (Å²) in [7, 11) is 3.09. The minimum Gasteiger partial charge on any atom is -0.496 e. The van der Waals surface area contributed by atoms with Crippen molar-refractivity contribution in [2.24, 2.45) is 0 Å². The number of nitrogens with zero attached hydrogens (tertiary/aromatic N) is 2. The van der Waals surface area contributed by atoms with Gasteiger partial charge in [-0.2, -0.15) is 0 Å². The van der Waals surface area contributed by atoms with Crippen molar-refractivity contribution in [2.75, 3.05) is 46.9 Å². The maximum absolute atomic E-state index is 11.3. The van der Waals surface area contributed by atoms with Crippen LogP contribution in [0, 0.1) is 0 Å². The van der Waals surface area contributed by atoms with Crippen molar-refractivity contribution in [3.63, 3.8) is 0 Å². The van der Waals surface area contributed by atoms with Crippen molar-refractivity contribution >= 4 is 17.6 Å². The highest BCUT2D eigenvalue weighted by molar-refractivity contribution is 6.30. The summed E-state index contributed by atoms with van der Waals surface area (Å²) < 4.78 is 10.1. The molecule has 5 nitrogen and oxygen atoms in total. The zero-order chi connectivity index (χ0) is 15.2. The van der Waals surface area contributed by atoms with Gasteiger partial charge in [0.2, 0.25) is 0 Å². The molecule has 21 heavy (non-hydrogen) atoms. The number of halogens is 1. The van der Waals surface area contributed by atoms with Crippen LogP contribution in [-0.2, 0) is 16.1 Å². The predicted molar refractivity (Wildman–Crippen MR) is 81.7 cm³/mol. The van der Waals surface area contributed by atoms with Crippen LogP contribution in [0.3, 0.4) is 0 Å². The lowest BCUT2D eigenvalue weighted by molar-refractivity contribution is -0.142. The largest absolute Gasteiger partial charge is 0.496 e. The molecule has 1 aromatic rings. The van der Waals surface area contributed by atoms with Crippen LogP contribution in [0.2, 0.25) is 5.02 Å². The highest BCUT2D eigenvalue weighted by Crippen LogP contribution is 2.24. The lowest BCUT2D eigenvalue weighted by Crippen LogP contribution is -2.47. The molecular formula is C15H21ClN2O3. The number of carbonyl (C=O) groups is 1. The number of hydrogen-bond donors (Lipinski definition) is 0. The maximum atomic E-state index is 11.3. The molecule has 0 unspecified atom stereocenters. The smallest absolute Gasteiger partial charge is 0.319 e. The highest BCUT2D eigenvalue weighted by atomic mass is 35.5. The maximum Gasteiger partial charge on any atom is 0.319 e. The van der Waals surface area contributed by atoms with Gasteiger partial charge in [-0.15, -0.1) is 0 Å². The molecule has 0 aromatic heterocycles. The summed E-state index contributed by atoms with van der Waals surface area (Å²) >= 11 is 6.05. The van der Waals surface area contributed by atoms with Crippen molar-refractivity contribution in [3.8, 4) is 5.75 Å². The van der Waals surface area contributed by atoms with Gasteiger partial charge in [0.25, 0.3) is 0 Å². The van der Waals surface area contributed by atoms with Crippen LogP contribution in [0.4, 0.5) is 0 Å². The van der Waals surface area contributed by atoms with Crippen LogP contribution in [0.25, 0.3) is 0 Å². The summed E-state index contributed by atoms with van der Waals surface area (Å²) in [6.07, 6.45) is 0. The summed E-state index contributed by atoms with van der Waals surface area (Å²) in [6.45, 7) is 4.70. The Kier molecular flexibility index (Phi) is 5.85. The highest BCUT2D eigenvalue weighted by Gasteiger charge is 2.20. The molecule has 116 valence electrons. The lowest BCUT2D eigenvalue weighted by Gasteiger charge is -2.34. The van der Waals surface area contributed by atoms with Crippen molar-refractivity contribution in [1.29, 1.82) is 0 Å². The third-order valence-corrected chi connectivity index (χ3v) is 3.92. The molecule has 1 fully saturated rings. The van der Waals surface area contributed by atoms with E-state index in [1.54, 1.807) is 7.11 Å². The quantitative estimate of drug-likeness (QED) is 0.773. The third kappa shape index (κ3) is 4.59. The van der Waals surface area contributed by atoms with Crippen molar-refractivity contribution in [1.82, 2.24) is 9.80 Å². The summed E-state index contributed by atoms with van der Waals surface area (Å²) in [5, 5.41) is 0.718. The number of rotatable bonds is 5. The number of esters is 1. The molecule has 1 aliphatic rings. The fraction of sp³-hybridized carbons (Fsp3) is 0.533. The van der Waals surface area contributed by atoms with E-state index in [1.165, 1.54) is 7.11 Å². The lowest BCUT2D eigenvalue weighted by atomic mass is 10.1. The first-order valence-electron chi connectivity index (χ1n) is 6.96. The second-order valence-electron chi connectivity index (χ2n) is 5.08. The molecule has 1 aliphatic heterocycles. The van der Waals surface area contributed by atoms with E-state index < -0.39 is 0 Å². The van der Waals surface area contributed by atoms with Crippen LogP contribution in [0.1, 0.15) is 5.56 Å². The molecule has 0 N–H and O–H groups in total. The van der Waals surface area contributed by atoms with Crippen LogP contribution in [-0.4, -0.2) is 62.7 Å². The molecule has 0 atom stereocenters. The fourth-order valence-electron chi connectivity index (χ4n) is 2.46. The molecule has 0 bridgehead atoms. The topological polar surface area (TPSA) is 42.0 Å². The van der Waals surface area contributed by atoms with Crippen LogP contribution in [0.15, 0.2) is 18.2 Å². The second kappa shape index (κ2) is 7.64. The van der Waals surface area contributed by atoms with Gasteiger partial charge >= 0.3 is 5.97 Å². The Morgan fingerprint density at radius 3 is 2.48 bits per heavy atom. The SMILES string of the molecule is COC(=O)CN1CCN(Cc2cc(Cl)ccc2OC)CC1. The van der Waals surface area contributed by atoms with Crippen molar-refractivity contribution in [3.05, 3.63) is 28.8 Å². The summed E-state index contributed by atoms with van der Waals surface area (Å²) in [5.74, 6) is 0.677. The number of ether oxygens (including phenoxy) is 2. The molecule has 0 spiro atoms. The number of carbonyl (C=O) groups excluding carboxylic acids is 1. The molecule has 1 aromatic carbocycles. The van der Waals surface area contributed by atoms with E-state index in [0.717, 1.165) is 49.1 Å². The zero-order valence-electron chi connectivity index (χ0n) is 12.5. The molecule has 1 heterocycles. The Labute approximate surface area is 130 Å². The normalized spacial score (nSPS) is 16.7. The van der Waals surface area contributed by atoms with Gasteiger partial charge < -0.3 is 9.47 Å². The first-order chi connectivity index (χ1) is 10.1. The van der Waals surface area contributed by atoms with E-state index in [9.17, 15) is 4.79 Å². The Hall–Kier alpha value is -1.30. The van der Waals surface area contributed by atoms with Crippen LogP contribution < -0.4 is 4.74 Å². The first-order valence-corrected chi connectivity index (χ1v) is 7.34. The van der Waals surface area contributed by atoms with E-state index in [-0.39, 0.29) is 5.97 Å².